The molecule has 270 valence electrons. The van der Waals surface area contributed by atoms with Crippen molar-refractivity contribution in [3.63, 3.8) is 0 Å². The Balaban J connectivity index is 1.76. The molecular weight excluding hydrogens is 657 g/mol. The van der Waals surface area contributed by atoms with Crippen LogP contribution in [0.2, 0.25) is 0 Å². The van der Waals surface area contributed by atoms with Gasteiger partial charge < -0.3 is 34.1 Å². The van der Waals surface area contributed by atoms with E-state index in [9.17, 15) is 29.1 Å². The number of nitrogens with zero attached hydrogens (tertiary/aromatic N) is 6. The number of nitrogens with one attached hydrogen (secondary N) is 1. The molecule has 3 amide bonds. The summed E-state index contributed by atoms with van der Waals surface area (Å²) in [5.41, 5.74) is -4.32. The summed E-state index contributed by atoms with van der Waals surface area (Å²) >= 11 is 0. The number of fused-ring (bicyclic) bond motifs is 1. The predicted octanol–water partition coefficient (Wildman–Crippen LogP) is 5.06. The van der Waals surface area contributed by atoms with Crippen LogP contribution in [0, 0.1) is 5.82 Å². The van der Waals surface area contributed by atoms with Gasteiger partial charge in [-0.2, -0.15) is 4.90 Å². The van der Waals surface area contributed by atoms with Gasteiger partial charge in [-0.15, -0.1) is 0 Å². The van der Waals surface area contributed by atoms with E-state index in [0.717, 1.165) is 12.4 Å². The molecule has 0 radical (unpaired) electrons. The maximum Gasteiger partial charge on any atom is 0.425 e. The molecule has 16 nitrogen and oxygen atoms in total. The van der Waals surface area contributed by atoms with E-state index in [4.69, 9.17) is 14.2 Å². The van der Waals surface area contributed by atoms with E-state index >= 15 is 4.39 Å². The summed E-state index contributed by atoms with van der Waals surface area (Å²) in [6, 6.07) is 2.51. The van der Waals surface area contributed by atoms with Crippen molar-refractivity contribution in [2.75, 3.05) is 22.9 Å². The lowest BCUT2D eigenvalue weighted by Crippen LogP contribution is -2.57. The molecule has 0 unspecified atom stereocenters. The fourth-order valence-electron chi connectivity index (χ4n) is 5.24. The molecule has 2 aromatic heterocycles. The van der Waals surface area contributed by atoms with Crippen molar-refractivity contribution in [1.29, 1.82) is 0 Å². The predicted molar refractivity (Wildman–Crippen MR) is 178 cm³/mol. The second-order valence-corrected chi connectivity index (χ2v) is 14.8. The number of amides is 3. The smallest absolute Gasteiger partial charge is 0.425 e. The lowest BCUT2D eigenvalue weighted by atomic mass is 9.99. The quantitative estimate of drug-likeness (QED) is 0.246. The minimum Gasteiger partial charge on any atom is -0.479 e. The highest BCUT2D eigenvalue weighted by Crippen LogP contribution is 2.34. The van der Waals surface area contributed by atoms with Gasteiger partial charge in [-0.25, -0.2) is 38.5 Å². The fraction of sp³-hybridized carbons (Fsp3) is 0.515. The number of anilines is 2. The molecule has 4 rings (SSSR count). The van der Waals surface area contributed by atoms with E-state index in [1.165, 1.54) is 17.0 Å². The van der Waals surface area contributed by atoms with Gasteiger partial charge in [-0.05, 0) is 74.4 Å². The van der Waals surface area contributed by atoms with Crippen molar-refractivity contribution >= 4 is 53.2 Å². The van der Waals surface area contributed by atoms with Gasteiger partial charge in [0.05, 0.1) is 25.0 Å². The summed E-state index contributed by atoms with van der Waals surface area (Å²) in [4.78, 5) is 79.0. The van der Waals surface area contributed by atoms with Crippen LogP contribution in [0.3, 0.4) is 0 Å². The number of carboxylic acids is 1. The van der Waals surface area contributed by atoms with E-state index in [1.54, 1.807) is 67.2 Å². The Bertz CT molecular complexity index is 1800. The molecule has 1 aliphatic heterocycles. The standard InChI is InChI=1S/C33H42FN7O9/c1-30(2,3)48-27(45)38-33(26(43)44)12-13-39(16-33)22-11-10-21(34)20(15-42)19(22)14-40-18-37-23-24(40)35-17-36-25(23)41(28(46)49-31(4,5)6)29(47)50-32(7,8)9/h10-11,15,17-18H,12-14,16H2,1-9H3,(H,38,45)(H,43,44)/t33-/m1/s1. The first-order chi connectivity index (χ1) is 23.0. The zero-order chi connectivity index (χ0) is 37.4. The van der Waals surface area contributed by atoms with E-state index in [0.29, 0.717) is 16.9 Å². The Kier molecular flexibility index (Phi) is 10.1. The summed E-state index contributed by atoms with van der Waals surface area (Å²) in [6.45, 7) is 14.4. The van der Waals surface area contributed by atoms with Crippen LogP contribution in [-0.4, -0.2) is 90.6 Å². The van der Waals surface area contributed by atoms with Crippen LogP contribution in [0.4, 0.5) is 30.3 Å². The second kappa shape index (κ2) is 13.5. The number of benzene rings is 1. The summed E-state index contributed by atoms with van der Waals surface area (Å²) in [6.07, 6.45) is -0.342. The van der Waals surface area contributed by atoms with Crippen molar-refractivity contribution in [1.82, 2.24) is 24.8 Å². The van der Waals surface area contributed by atoms with Crippen LogP contribution in [0.5, 0.6) is 0 Å². The minimum absolute atomic E-state index is 0.0116. The number of aliphatic carboxylic acids is 1. The van der Waals surface area contributed by atoms with Crippen molar-refractivity contribution in [3.8, 4) is 0 Å². The van der Waals surface area contributed by atoms with E-state index in [-0.39, 0.29) is 54.2 Å². The topological polar surface area (TPSA) is 195 Å². The zero-order valence-corrected chi connectivity index (χ0v) is 29.5. The molecule has 1 aliphatic rings. The fourth-order valence-corrected chi connectivity index (χ4v) is 5.24. The SMILES string of the molecule is CC(C)(C)OC(=O)N[C@]1(C(=O)O)CCN(c2ccc(F)c(C=O)c2Cn2cnc3c(N(C(=O)OC(C)(C)C)C(=O)OC(C)(C)C)ncnc32)C1. The van der Waals surface area contributed by atoms with E-state index in [1.807, 2.05) is 0 Å². The summed E-state index contributed by atoms with van der Waals surface area (Å²) in [5, 5.41) is 12.7. The van der Waals surface area contributed by atoms with Crippen LogP contribution in [-0.2, 0) is 25.5 Å². The summed E-state index contributed by atoms with van der Waals surface area (Å²) in [5.74, 6) is -2.36. The third-order valence-electron chi connectivity index (χ3n) is 7.23. The van der Waals surface area contributed by atoms with Gasteiger partial charge in [-0.1, -0.05) is 0 Å². The van der Waals surface area contributed by atoms with Gasteiger partial charge in [0.1, 0.15) is 28.9 Å². The first-order valence-electron chi connectivity index (χ1n) is 15.7. The van der Waals surface area contributed by atoms with Gasteiger partial charge in [0.2, 0.25) is 0 Å². The number of hydrogen-bond donors (Lipinski definition) is 2. The van der Waals surface area contributed by atoms with E-state index < -0.39 is 52.4 Å². The van der Waals surface area contributed by atoms with Crippen LogP contribution in [0.1, 0.15) is 84.7 Å². The number of halogens is 1. The molecular formula is C33H42FN7O9. The molecule has 17 heteroatoms. The molecule has 3 heterocycles. The van der Waals surface area contributed by atoms with Gasteiger partial charge in [0.15, 0.2) is 28.8 Å². The molecule has 0 saturated carbocycles. The third kappa shape index (κ3) is 8.44. The van der Waals surface area contributed by atoms with Crippen LogP contribution >= 0.6 is 0 Å². The summed E-state index contributed by atoms with van der Waals surface area (Å²) in [7, 11) is 0. The number of rotatable bonds is 7. The molecule has 1 atom stereocenters. The number of imide groups is 1. The normalized spacial score (nSPS) is 16.6. The van der Waals surface area contributed by atoms with Gasteiger partial charge >= 0.3 is 24.2 Å². The highest BCUT2D eigenvalue weighted by molar-refractivity contribution is 6.12. The molecule has 1 aromatic carbocycles. The van der Waals surface area contributed by atoms with E-state index in [2.05, 4.69) is 20.3 Å². The van der Waals surface area contributed by atoms with Crippen LogP contribution < -0.4 is 15.1 Å². The average Bonchev–Trinajstić information content (AvgIpc) is 3.56. The lowest BCUT2D eigenvalue weighted by molar-refractivity contribution is -0.143. The number of alkyl carbamates (subject to hydrolysis) is 1. The monoisotopic (exact) mass is 699 g/mol. The second-order valence-electron chi connectivity index (χ2n) is 14.8. The van der Waals surface area contributed by atoms with Gasteiger partial charge in [0.25, 0.3) is 0 Å². The highest BCUT2D eigenvalue weighted by Gasteiger charge is 2.48. The Morgan fingerprint density at radius 1 is 0.960 bits per heavy atom. The number of aromatic nitrogens is 4. The van der Waals surface area contributed by atoms with Crippen molar-refractivity contribution in [2.45, 2.75) is 97.6 Å². The maximum atomic E-state index is 15.1. The number of carboxylic acid groups (broad SMARTS) is 1. The largest absolute Gasteiger partial charge is 0.479 e. The van der Waals surface area contributed by atoms with Crippen molar-refractivity contribution in [2.24, 2.45) is 0 Å². The first kappa shape index (κ1) is 37.5. The molecule has 0 aliphatic carbocycles. The minimum atomic E-state index is -1.74. The van der Waals surface area contributed by atoms with Gasteiger partial charge in [0, 0.05) is 24.2 Å². The van der Waals surface area contributed by atoms with Crippen LogP contribution in [0.25, 0.3) is 11.2 Å². The summed E-state index contributed by atoms with van der Waals surface area (Å²) < 4.78 is 32.8. The number of hydrogen-bond acceptors (Lipinski definition) is 12. The third-order valence-corrected chi connectivity index (χ3v) is 7.23. The molecule has 50 heavy (non-hydrogen) atoms. The zero-order valence-electron chi connectivity index (χ0n) is 29.5. The molecule has 1 fully saturated rings. The van der Waals surface area contributed by atoms with Crippen molar-refractivity contribution in [3.05, 3.63) is 41.7 Å². The Hall–Kier alpha value is -5.35. The number of aldehydes is 1. The number of carbonyl (C=O) groups is 5. The Labute approximate surface area is 287 Å². The molecule has 2 N–H and O–H groups in total. The average molecular weight is 700 g/mol. The molecule has 0 bridgehead atoms. The number of imidazole rings is 1. The molecule has 0 spiro atoms. The van der Waals surface area contributed by atoms with Gasteiger partial charge in [-0.3, -0.25) is 4.79 Å². The lowest BCUT2D eigenvalue weighted by Gasteiger charge is -2.29. The number of carbonyl (C=O) groups excluding carboxylic acids is 4. The maximum absolute atomic E-state index is 15.1. The Morgan fingerprint density at radius 3 is 2.10 bits per heavy atom. The molecule has 1 saturated heterocycles. The highest BCUT2D eigenvalue weighted by atomic mass is 19.1. The Morgan fingerprint density at radius 2 is 1.56 bits per heavy atom. The van der Waals surface area contributed by atoms with Crippen LogP contribution in [0.15, 0.2) is 24.8 Å². The first-order valence-corrected chi connectivity index (χ1v) is 15.7. The number of ether oxygens (including phenoxy) is 3. The molecule has 3 aromatic rings. The van der Waals surface area contributed by atoms with Crippen molar-refractivity contribution < 1.29 is 47.7 Å².